The van der Waals surface area contributed by atoms with Crippen molar-refractivity contribution >= 4 is 62.3 Å². The SMILES string of the molecule is CCNC(=O)[C@@H](C)N(Cc1ccc(Cl)cc1Cl)C(=O)CN(c1ccc(Cl)cc1)S(=O)(=O)c1ccccc1. The van der Waals surface area contributed by atoms with Crippen molar-refractivity contribution in [3.05, 3.63) is 93.4 Å². The van der Waals surface area contributed by atoms with Crippen LogP contribution < -0.4 is 9.62 Å². The zero-order chi connectivity index (χ0) is 27.2. The van der Waals surface area contributed by atoms with E-state index in [0.717, 1.165) is 4.31 Å². The number of anilines is 1. The van der Waals surface area contributed by atoms with Crippen molar-refractivity contribution in [2.45, 2.75) is 31.3 Å². The van der Waals surface area contributed by atoms with Gasteiger partial charge < -0.3 is 10.2 Å². The van der Waals surface area contributed by atoms with Gasteiger partial charge in [-0.2, -0.15) is 0 Å². The van der Waals surface area contributed by atoms with Crippen molar-refractivity contribution in [3.63, 3.8) is 0 Å². The Labute approximate surface area is 232 Å². The molecule has 3 rings (SSSR count). The van der Waals surface area contributed by atoms with Crippen LogP contribution in [0.15, 0.2) is 77.7 Å². The first-order chi connectivity index (χ1) is 17.5. The topological polar surface area (TPSA) is 86.8 Å². The summed E-state index contributed by atoms with van der Waals surface area (Å²) in [6.45, 7) is 3.11. The maximum absolute atomic E-state index is 13.7. The number of sulfonamides is 1. The predicted octanol–water partition coefficient (Wildman–Crippen LogP) is 5.40. The Morgan fingerprint density at radius 2 is 1.54 bits per heavy atom. The molecule has 1 atom stereocenters. The van der Waals surface area contributed by atoms with Crippen LogP contribution in [0.2, 0.25) is 15.1 Å². The van der Waals surface area contributed by atoms with Crippen LogP contribution in [0, 0.1) is 0 Å². The fourth-order valence-corrected chi connectivity index (χ4v) is 5.62. The van der Waals surface area contributed by atoms with E-state index in [0.29, 0.717) is 27.2 Å². The lowest BCUT2D eigenvalue weighted by Crippen LogP contribution is -2.51. The number of nitrogens with zero attached hydrogens (tertiary/aromatic N) is 2. The van der Waals surface area contributed by atoms with Crippen LogP contribution in [-0.4, -0.2) is 44.3 Å². The fourth-order valence-electron chi connectivity index (χ4n) is 3.59. The molecule has 0 unspecified atom stereocenters. The second kappa shape index (κ2) is 12.6. The molecule has 0 aliphatic carbocycles. The molecule has 196 valence electrons. The van der Waals surface area contributed by atoms with E-state index < -0.39 is 28.5 Å². The average Bonchev–Trinajstić information content (AvgIpc) is 2.87. The first-order valence-corrected chi connectivity index (χ1v) is 14.0. The van der Waals surface area contributed by atoms with Crippen LogP contribution in [0.5, 0.6) is 0 Å². The Balaban J connectivity index is 2.03. The van der Waals surface area contributed by atoms with Crippen LogP contribution in [0.4, 0.5) is 5.69 Å². The lowest BCUT2D eigenvalue weighted by Gasteiger charge is -2.32. The van der Waals surface area contributed by atoms with Crippen LogP contribution in [0.3, 0.4) is 0 Å². The maximum Gasteiger partial charge on any atom is 0.264 e. The number of carbonyl (C=O) groups excluding carboxylic acids is 2. The van der Waals surface area contributed by atoms with Gasteiger partial charge in [0.25, 0.3) is 10.0 Å². The summed E-state index contributed by atoms with van der Waals surface area (Å²) in [6, 6.07) is 17.8. The highest BCUT2D eigenvalue weighted by Crippen LogP contribution is 2.27. The van der Waals surface area contributed by atoms with E-state index in [-0.39, 0.29) is 23.0 Å². The van der Waals surface area contributed by atoms with E-state index in [2.05, 4.69) is 5.32 Å². The minimum Gasteiger partial charge on any atom is -0.355 e. The van der Waals surface area contributed by atoms with Gasteiger partial charge in [0.15, 0.2) is 0 Å². The van der Waals surface area contributed by atoms with Crippen molar-refractivity contribution in [2.75, 3.05) is 17.4 Å². The van der Waals surface area contributed by atoms with Crippen molar-refractivity contribution in [1.82, 2.24) is 10.2 Å². The second-order valence-electron chi connectivity index (χ2n) is 8.13. The third-order valence-electron chi connectivity index (χ3n) is 5.60. The highest BCUT2D eigenvalue weighted by atomic mass is 35.5. The van der Waals surface area contributed by atoms with Crippen molar-refractivity contribution in [2.24, 2.45) is 0 Å². The van der Waals surface area contributed by atoms with E-state index in [1.54, 1.807) is 44.2 Å². The lowest BCUT2D eigenvalue weighted by molar-refractivity contribution is -0.139. The van der Waals surface area contributed by atoms with E-state index in [4.69, 9.17) is 34.8 Å². The maximum atomic E-state index is 13.7. The third kappa shape index (κ3) is 7.17. The fraction of sp³-hybridized carbons (Fsp3) is 0.231. The quantitative estimate of drug-likeness (QED) is 0.347. The summed E-state index contributed by atoms with van der Waals surface area (Å²) in [4.78, 5) is 27.8. The van der Waals surface area contributed by atoms with Crippen LogP contribution in [-0.2, 0) is 26.2 Å². The summed E-state index contributed by atoms with van der Waals surface area (Å²) in [7, 11) is -4.14. The van der Waals surface area contributed by atoms with Gasteiger partial charge in [-0.05, 0) is 67.9 Å². The number of hydrogen-bond donors (Lipinski definition) is 1. The molecule has 2 amide bonds. The summed E-state index contributed by atoms with van der Waals surface area (Å²) in [5.41, 5.74) is 0.802. The molecule has 0 fully saturated rings. The van der Waals surface area contributed by atoms with E-state index in [9.17, 15) is 18.0 Å². The highest BCUT2D eigenvalue weighted by molar-refractivity contribution is 7.92. The molecule has 11 heteroatoms. The van der Waals surface area contributed by atoms with Gasteiger partial charge in [-0.3, -0.25) is 13.9 Å². The van der Waals surface area contributed by atoms with Gasteiger partial charge >= 0.3 is 0 Å². The largest absolute Gasteiger partial charge is 0.355 e. The lowest BCUT2D eigenvalue weighted by atomic mass is 10.1. The standard InChI is InChI=1S/C26H26Cl3N3O4S/c1-3-30-26(34)18(2)31(16-19-9-10-21(28)15-24(19)29)25(33)17-32(22-13-11-20(27)12-14-22)37(35,36)23-7-5-4-6-8-23/h4-15,18H,3,16-17H2,1-2H3,(H,30,34)/t18-/m1/s1. The van der Waals surface area contributed by atoms with Gasteiger partial charge in [-0.15, -0.1) is 0 Å². The molecule has 37 heavy (non-hydrogen) atoms. The molecule has 0 heterocycles. The molecule has 1 N–H and O–H groups in total. The molecule has 0 saturated heterocycles. The molecule has 0 aliphatic rings. The molecule has 0 aromatic heterocycles. The first kappa shape index (κ1) is 28.8. The minimum absolute atomic E-state index is 0.0156. The van der Waals surface area contributed by atoms with Gasteiger partial charge in [-0.25, -0.2) is 8.42 Å². The Morgan fingerprint density at radius 3 is 2.14 bits per heavy atom. The molecule has 0 spiro atoms. The van der Waals surface area contributed by atoms with Crippen LogP contribution >= 0.6 is 34.8 Å². The van der Waals surface area contributed by atoms with Crippen molar-refractivity contribution in [1.29, 1.82) is 0 Å². The summed E-state index contributed by atoms with van der Waals surface area (Å²) < 4.78 is 28.3. The number of halogens is 3. The molecule has 0 bridgehead atoms. The Bertz CT molecular complexity index is 1350. The number of likely N-dealkylation sites (N-methyl/N-ethyl adjacent to an activating group) is 1. The van der Waals surface area contributed by atoms with E-state index in [1.807, 2.05) is 0 Å². The monoisotopic (exact) mass is 581 g/mol. The summed E-state index contributed by atoms with van der Waals surface area (Å²) in [6.07, 6.45) is 0. The van der Waals surface area contributed by atoms with Gasteiger partial charge in [-0.1, -0.05) is 59.1 Å². The minimum atomic E-state index is -4.14. The number of amides is 2. The predicted molar refractivity (Wildman–Crippen MR) is 148 cm³/mol. The second-order valence-corrected chi connectivity index (χ2v) is 11.3. The summed E-state index contributed by atoms with van der Waals surface area (Å²) >= 11 is 18.4. The Morgan fingerprint density at radius 1 is 0.919 bits per heavy atom. The average molecular weight is 583 g/mol. The molecule has 0 aliphatic heterocycles. The normalized spacial score (nSPS) is 12.0. The van der Waals surface area contributed by atoms with E-state index in [1.165, 1.54) is 47.4 Å². The van der Waals surface area contributed by atoms with Crippen LogP contribution in [0.1, 0.15) is 19.4 Å². The number of carbonyl (C=O) groups is 2. The van der Waals surface area contributed by atoms with Gasteiger partial charge in [0.2, 0.25) is 11.8 Å². The number of nitrogens with one attached hydrogen (secondary N) is 1. The third-order valence-corrected chi connectivity index (χ3v) is 8.23. The molecule has 3 aromatic carbocycles. The van der Waals surface area contributed by atoms with Gasteiger partial charge in [0, 0.05) is 28.2 Å². The molecular formula is C26H26Cl3N3O4S. The first-order valence-electron chi connectivity index (χ1n) is 11.4. The smallest absolute Gasteiger partial charge is 0.264 e. The number of rotatable bonds is 10. The number of benzene rings is 3. The zero-order valence-corrected chi connectivity index (χ0v) is 23.3. The van der Waals surface area contributed by atoms with E-state index >= 15 is 0 Å². The Hall–Kier alpha value is -2.78. The number of hydrogen-bond acceptors (Lipinski definition) is 4. The molecule has 7 nitrogen and oxygen atoms in total. The molecular weight excluding hydrogens is 557 g/mol. The summed E-state index contributed by atoms with van der Waals surface area (Å²) in [5, 5.41) is 3.86. The van der Waals surface area contributed by atoms with Crippen molar-refractivity contribution in [3.8, 4) is 0 Å². The van der Waals surface area contributed by atoms with Gasteiger partial charge in [0.05, 0.1) is 10.6 Å². The van der Waals surface area contributed by atoms with Crippen molar-refractivity contribution < 1.29 is 18.0 Å². The van der Waals surface area contributed by atoms with Gasteiger partial charge in [0.1, 0.15) is 12.6 Å². The molecule has 0 radical (unpaired) electrons. The molecule has 3 aromatic rings. The highest BCUT2D eigenvalue weighted by Gasteiger charge is 2.32. The summed E-state index contributed by atoms with van der Waals surface area (Å²) in [5.74, 6) is -0.982. The molecule has 0 saturated carbocycles. The van der Waals surface area contributed by atoms with Crippen LogP contribution in [0.25, 0.3) is 0 Å². The zero-order valence-electron chi connectivity index (χ0n) is 20.2. The Kier molecular flexibility index (Phi) is 9.84.